The van der Waals surface area contributed by atoms with E-state index in [4.69, 9.17) is 18.9 Å². The van der Waals surface area contributed by atoms with Gasteiger partial charge in [-0.2, -0.15) is 0 Å². The van der Waals surface area contributed by atoms with E-state index in [-0.39, 0.29) is 24.6 Å². The van der Waals surface area contributed by atoms with E-state index in [1.165, 1.54) is 0 Å². The SMILES string of the molecule is COc1ccc(S(=O)N(CCCNC(=O)OC2C[C@H]3COC4O[C@H](C)CC2C43)CC(C)C)cc1. The van der Waals surface area contributed by atoms with E-state index in [0.717, 1.165) is 23.5 Å². The Bertz CT molecular complexity index is 850. The van der Waals surface area contributed by atoms with Gasteiger partial charge in [-0.25, -0.2) is 13.3 Å². The van der Waals surface area contributed by atoms with Gasteiger partial charge in [0.25, 0.3) is 0 Å². The molecule has 1 aromatic carbocycles. The van der Waals surface area contributed by atoms with Crippen LogP contribution in [0.25, 0.3) is 0 Å². The molecule has 0 radical (unpaired) electrons. The maximum absolute atomic E-state index is 13.1. The second-order valence-corrected chi connectivity index (χ2v) is 11.5. The lowest BCUT2D eigenvalue weighted by molar-refractivity contribution is -0.201. The minimum absolute atomic E-state index is 0.0761. The Balaban J connectivity index is 1.24. The summed E-state index contributed by atoms with van der Waals surface area (Å²) in [6, 6.07) is 7.31. The van der Waals surface area contributed by atoms with Gasteiger partial charge in [-0.1, -0.05) is 13.8 Å². The van der Waals surface area contributed by atoms with Gasteiger partial charge in [0.15, 0.2) is 6.29 Å². The van der Waals surface area contributed by atoms with Crippen LogP contribution in [0.5, 0.6) is 5.75 Å². The Kier molecular flexibility index (Phi) is 8.50. The summed E-state index contributed by atoms with van der Waals surface area (Å²) >= 11 is 0. The molecule has 9 heteroatoms. The summed E-state index contributed by atoms with van der Waals surface area (Å²) in [7, 11) is 0.345. The number of methoxy groups -OCH3 is 1. The number of rotatable bonds is 10. The monoisotopic (exact) mass is 494 g/mol. The molecule has 4 rings (SSSR count). The quantitative estimate of drug-likeness (QED) is 0.501. The summed E-state index contributed by atoms with van der Waals surface area (Å²) < 4.78 is 37.8. The fraction of sp³-hybridized carbons (Fsp3) is 0.720. The maximum atomic E-state index is 13.1. The highest BCUT2D eigenvalue weighted by Crippen LogP contribution is 2.51. The first-order valence-corrected chi connectivity index (χ1v) is 13.5. The molecule has 8 nitrogen and oxygen atoms in total. The number of nitrogens with one attached hydrogen (secondary N) is 1. The maximum Gasteiger partial charge on any atom is 0.407 e. The highest BCUT2D eigenvalue weighted by Gasteiger charge is 2.56. The van der Waals surface area contributed by atoms with Gasteiger partial charge in [0.1, 0.15) is 22.8 Å². The molecule has 1 saturated carbocycles. The van der Waals surface area contributed by atoms with Crippen molar-refractivity contribution in [1.82, 2.24) is 9.62 Å². The molecular formula is C25H38N2O6S. The van der Waals surface area contributed by atoms with Crippen molar-refractivity contribution in [1.29, 1.82) is 0 Å². The lowest BCUT2D eigenvalue weighted by Gasteiger charge is -2.36. The Morgan fingerprint density at radius 2 is 2.03 bits per heavy atom. The third-order valence-electron chi connectivity index (χ3n) is 6.99. The van der Waals surface area contributed by atoms with E-state index in [1.807, 2.05) is 28.6 Å². The van der Waals surface area contributed by atoms with Gasteiger partial charge >= 0.3 is 6.09 Å². The van der Waals surface area contributed by atoms with Crippen molar-refractivity contribution in [3.05, 3.63) is 24.3 Å². The van der Waals surface area contributed by atoms with Crippen molar-refractivity contribution in [2.24, 2.45) is 23.7 Å². The zero-order chi connectivity index (χ0) is 24.2. The first kappa shape index (κ1) is 25.4. The predicted octanol–water partition coefficient (Wildman–Crippen LogP) is 3.58. The molecule has 1 aliphatic carbocycles. The van der Waals surface area contributed by atoms with Crippen molar-refractivity contribution in [3.8, 4) is 5.75 Å². The van der Waals surface area contributed by atoms with Gasteiger partial charge in [0.05, 0.1) is 24.7 Å². The fourth-order valence-electron chi connectivity index (χ4n) is 5.52. The van der Waals surface area contributed by atoms with Gasteiger partial charge in [-0.15, -0.1) is 0 Å². The van der Waals surface area contributed by atoms with Crippen LogP contribution in [0.2, 0.25) is 0 Å². The van der Waals surface area contributed by atoms with Crippen LogP contribution in [0.15, 0.2) is 29.2 Å². The summed E-state index contributed by atoms with van der Waals surface area (Å²) in [5.74, 6) is 2.17. The third-order valence-corrected chi connectivity index (χ3v) is 8.46. The van der Waals surface area contributed by atoms with E-state index in [9.17, 15) is 9.00 Å². The van der Waals surface area contributed by atoms with E-state index in [2.05, 4.69) is 26.1 Å². The van der Waals surface area contributed by atoms with Crippen LogP contribution in [0.3, 0.4) is 0 Å². The molecule has 0 bridgehead atoms. The van der Waals surface area contributed by atoms with Gasteiger partial charge in [0, 0.05) is 31.5 Å². The Morgan fingerprint density at radius 3 is 2.74 bits per heavy atom. The molecule has 1 N–H and O–H groups in total. The first-order valence-electron chi connectivity index (χ1n) is 12.4. The standard InChI is InChI=1S/C25H38N2O6S/c1-16(2)14-27(34(29)20-8-6-19(30-4)7-9-20)11-5-10-26-25(28)33-22-13-18-15-31-24-23(18)21(22)12-17(3)32-24/h6-9,16-18,21-24H,5,10-15H2,1-4H3,(H,26,28)/t17-,18+,21?,22?,23?,24?,34?/m1/s1. The first-order chi connectivity index (χ1) is 16.4. The Labute approximate surface area is 205 Å². The zero-order valence-electron chi connectivity index (χ0n) is 20.6. The van der Waals surface area contributed by atoms with Crippen molar-refractivity contribution in [3.63, 3.8) is 0 Å². The number of carbonyl (C=O) groups is 1. The Hall–Kier alpha value is -1.68. The number of amides is 1. The van der Waals surface area contributed by atoms with E-state index >= 15 is 0 Å². The highest BCUT2D eigenvalue weighted by molar-refractivity contribution is 7.82. The Morgan fingerprint density at radius 1 is 1.26 bits per heavy atom. The molecule has 2 heterocycles. The molecule has 1 aromatic rings. The molecule has 190 valence electrons. The number of nitrogens with zero attached hydrogens (tertiary/aromatic N) is 1. The summed E-state index contributed by atoms with van der Waals surface area (Å²) in [6.45, 7) is 8.76. The van der Waals surface area contributed by atoms with E-state index < -0.39 is 11.0 Å². The normalized spacial score (nSPS) is 30.9. The number of alkyl carbamates (subject to hydrolysis) is 1. The van der Waals surface area contributed by atoms with Crippen molar-refractivity contribution < 1.29 is 28.0 Å². The lowest BCUT2D eigenvalue weighted by Crippen LogP contribution is -2.42. The van der Waals surface area contributed by atoms with Crippen LogP contribution in [0.4, 0.5) is 4.79 Å². The number of hydrogen-bond acceptors (Lipinski definition) is 6. The van der Waals surface area contributed by atoms with Gasteiger partial charge < -0.3 is 24.3 Å². The van der Waals surface area contributed by atoms with Crippen LogP contribution in [0, 0.1) is 23.7 Å². The summed E-state index contributed by atoms with van der Waals surface area (Å²) in [5.41, 5.74) is 0. The van der Waals surface area contributed by atoms with Gasteiger partial charge in [0.2, 0.25) is 0 Å². The molecule has 2 aliphatic heterocycles. The number of carbonyl (C=O) groups excluding carboxylic acids is 1. The molecular weight excluding hydrogens is 456 g/mol. The van der Waals surface area contributed by atoms with Gasteiger partial charge in [-0.3, -0.25) is 0 Å². The predicted molar refractivity (Wildman–Crippen MR) is 129 cm³/mol. The summed E-state index contributed by atoms with van der Waals surface area (Å²) in [4.78, 5) is 13.3. The number of benzene rings is 1. The number of ether oxygens (including phenoxy) is 4. The molecule has 0 aromatic heterocycles. The second kappa shape index (κ2) is 11.4. The minimum Gasteiger partial charge on any atom is -0.497 e. The topological polar surface area (TPSA) is 86.3 Å². The molecule has 34 heavy (non-hydrogen) atoms. The van der Waals surface area contributed by atoms with E-state index in [1.54, 1.807) is 7.11 Å². The summed E-state index contributed by atoms with van der Waals surface area (Å²) in [5, 5.41) is 2.90. The van der Waals surface area contributed by atoms with Crippen LogP contribution in [0.1, 0.15) is 40.0 Å². The number of hydrogen-bond donors (Lipinski definition) is 1. The molecule has 0 spiro atoms. The smallest absolute Gasteiger partial charge is 0.407 e. The average Bonchev–Trinajstić information content (AvgIpc) is 3.37. The van der Waals surface area contributed by atoms with E-state index in [0.29, 0.717) is 56.3 Å². The molecule has 1 amide bonds. The fourth-order valence-corrected chi connectivity index (χ4v) is 6.91. The second-order valence-electron chi connectivity index (χ2n) is 10.1. The zero-order valence-corrected chi connectivity index (χ0v) is 21.4. The van der Waals surface area contributed by atoms with Crippen LogP contribution < -0.4 is 10.1 Å². The van der Waals surface area contributed by atoms with Crippen molar-refractivity contribution >= 4 is 17.1 Å². The van der Waals surface area contributed by atoms with Crippen molar-refractivity contribution in [2.75, 3.05) is 33.4 Å². The minimum atomic E-state index is -1.27. The van der Waals surface area contributed by atoms with Crippen LogP contribution in [-0.2, 0) is 25.2 Å². The summed E-state index contributed by atoms with van der Waals surface area (Å²) in [6.07, 6.45) is 1.97. The largest absolute Gasteiger partial charge is 0.497 e. The molecule has 7 atom stereocenters. The molecule has 2 saturated heterocycles. The molecule has 3 aliphatic rings. The molecule has 3 fully saturated rings. The van der Waals surface area contributed by atoms with Crippen LogP contribution in [-0.4, -0.2) is 66.5 Å². The van der Waals surface area contributed by atoms with Crippen molar-refractivity contribution in [2.45, 2.75) is 63.4 Å². The van der Waals surface area contributed by atoms with Gasteiger partial charge in [-0.05, 0) is 62.3 Å². The third kappa shape index (κ3) is 5.93. The van der Waals surface area contributed by atoms with Crippen LogP contribution >= 0.6 is 0 Å². The molecule has 5 unspecified atom stereocenters. The highest BCUT2D eigenvalue weighted by atomic mass is 32.2. The average molecular weight is 495 g/mol. The lowest BCUT2D eigenvalue weighted by atomic mass is 9.84.